The van der Waals surface area contributed by atoms with Gasteiger partial charge in [0.05, 0.1) is 0 Å². The Bertz CT molecular complexity index is 739. The molecule has 5 nitrogen and oxygen atoms in total. The van der Waals surface area contributed by atoms with E-state index in [0.29, 0.717) is 17.0 Å². The van der Waals surface area contributed by atoms with Crippen LogP contribution in [0.2, 0.25) is 0 Å². The van der Waals surface area contributed by atoms with Crippen molar-refractivity contribution in [2.24, 2.45) is 0 Å². The molecule has 0 radical (unpaired) electrons. The maximum absolute atomic E-state index is 12.9. The fourth-order valence-corrected chi connectivity index (χ4v) is 1.94. The van der Waals surface area contributed by atoms with Crippen LogP contribution in [0, 0.1) is 5.82 Å². The number of aliphatic hydroxyl groups is 1. The third kappa shape index (κ3) is 2.53. The largest absolute Gasteiger partial charge is 0.376 e. The van der Waals surface area contributed by atoms with Crippen LogP contribution in [0.15, 0.2) is 53.3 Å². The van der Waals surface area contributed by atoms with Crippen LogP contribution in [0.5, 0.6) is 0 Å². The standard InChI is InChI=1S/C15H12FN3O2/c1-15(20,11-6-8-17-9-7-11)14-18-13(19-21-14)10-2-4-12(16)5-3-10/h2-9,20H,1H3/t15-/m1/s1. The zero-order chi connectivity index (χ0) is 14.9. The van der Waals surface area contributed by atoms with Crippen LogP contribution in [0.4, 0.5) is 4.39 Å². The van der Waals surface area contributed by atoms with E-state index in [0.717, 1.165) is 0 Å². The predicted molar refractivity (Wildman–Crippen MR) is 72.6 cm³/mol. The average Bonchev–Trinajstić information content (AvgIpc) is 2.99. The van der Waals surface area contributed by atoms with Crippen LogP contribution < -0.4 is 0 Å². The summed E-state index contributed by atoms with van der Waals surface area (Å²) >= 11 is 0. The highest BCUT2D eigenvalue weighted by Crippen LogP contribution is 2.28. The Hall–Kier alpha value is -2.60. The second-order valence-corrected chi connectivity index (χ2v) is 4.74. The Morgan fingerprint density at radius 1 is 1.10 bits per heavy atom. The van der Waals surface area contributed by atoms with Crippen molar-refractivity contribution in [2.45, 2.75) is 12.5 Å². The third-order valence-electron chi connectivity index (χ3n) is 3.19. The zero-order valence-electron chi connectivity index (χ0n) is 11.2. The molecule has 0 aliphatic rings. The highest BCUT2D eigenvalue weighted by molar-refractivity contribution is 5.54. The van der Waals surface area contributed by atoms with E-state index in [-0.39, 0.29) is 11.7 Å². The highest BCUT2D eigenvalue weighted by atomic mass is 19.1. The topological polar surface area (TPSA) is 72.0 Å². The minimum atomic E-state index is -1.42. The van der Waals surface area contributed by atoms with Crippen LogP contribution >= 0.6 is 0 Å². The van der Waals surface area contributed by atoms with Crippen molar-refractivity contribution in [3.05, 3.63) is 66.1 Å². The fourth-order valence-electron chi connectivity index (χ4n) is 1.94. The summed E-state index contributed by atoms with van der Waals surface area (Å²) in [5, 5.41) is 14.4. The molecule has 2 aromatic heterocycles. The van der Waals surface area contributed by atoms with E-state index in [1.54, 1.807) is 43.6 Å². The number of rotatable bonds is 3. The molecule has 3 aromatic rings. The average molecular weight is 285 g/mol. The summed E-state index contributed by atoms with van der Waals surface area (Å²) in [6.45, 7) is 1.56. The molecular weight excluding hydrogens is 273 g/mol. The number of pyridine rings is 1. The molecule has 3 rings (SSSR count). The van der Waals surface area contributed by atoms with Crippen LogP contribution in [0.3, 0.4) is 0 Å². The first-order valence-corrected chi connectivity index (χ1v) is 6.30. The number of hydrogen-bond donors (Lipinski definition) is 1. The van der Waals surface area contributed by atoms with Gasteiger partial charge in [-0.2, -0.15) is 4.98 Å². The summed E-state index contributed by atoms with van der Waals surface area (Å²) in [5.41, 5.74) is -0.224. The van der Waals surface area contributed by atoms with Crippen LogP contribution in [-0.2, 0) is 5.60 Å². The van der Waals surface area contributed by atoms with Crippen molar-refractivity contribution >= 4 is 0 Å². The smallest absolute Gasteiger partial charge is 0.263 e. The molecule has 6 heteroatoms. The lowest BCUT2D eigenvalue weighted by atomic mass is 9.97. The summed E-state index contributed by atoms with van der Waals surface area (Å²) < 4.78 is 18.1. The quantitative estimate of drug-likeness (QED) is 0.800. The lowest BCUT2D eigenvalue weighted by molar-refractivity contribution is 0.0637. The maximum atomic E-state index is 12.9. The molecule has 0 unspecified atom stereocenters. The number of nitrogens with zero attached hydrogens (tertiary/aromatic N) is 3. The normalized spacial score (nSPS) is 13.9. The molecule has 0 fully saturated rings. The van der Waals surface area contributed by atoms with E-state index in [9.17, 15) is 9.50 Å². The van der Waals surface area contributed by atoms with E-state index in [1.165, 1.54) is 12.1 Å². The minimum absolute atomic E-state index is 0.0630. The zero-order valence-corrected chi connectivity index (χ0v) is 11.2. The molecule has 0 aliphatic heterocycles. The second-order valence-electron chi connectivity index (χ2n) is 4.74. The Morgan fingerprint density at radius 3 is 2.43 bits per heavy atom. The molecule has 1 aromatic carbocycles. The van der Waals surface area contributed by atoms with Gasteiger partial charge in [0.1, 0.15) is 5.82 Å². The first-order chi connectivity index (χ1) is 10.1. The van der Waals surface area contributed by atoms with Gasteiger partial charge in [-0.25, -0.2) is 4.39 Å². The minimum Gasteiger partial charge on any atom is -0.376 e. The molecule has 0 spiro atoms. The van der Waals surface area contributed by atoms with E-state index in [1.807, 2.05) is 0 Å². The number of benzene rings is 1. The molecule has 1 atom stereocenters. The molecule has 0 saturated heterocycles. The van der Waals surface area contributed by atoms with Gasteiger partial charge in [-0.05, 0) is 48.9 Å². The van der Waals surface area contributed by atoms with Crippen molar-refractivity contribution in [2.75, 3.05) is 0 Å². The van der Waals surface area contributed by atoms with Gasteiger partial charge >= 0.3 is 0 Å². The summed E-state index contributed by atoms with van der Waals surface area (Å²) in [4.78, 5) is 8.09. The lowest BCUT2D eigenvalue weighted by Gasteiger charge is -2.18. The molecule has 0 aliphatic carbocycles. The Labute approximate surface area is 120 Å². The molecule has 0 bridgehead atoms. The predicted octanol–water partition coefficient (Wildman–Crippen LogP) is 2.53. The highest BCUT2D eigenvalue weighted by Gasteiger charge is 2.32. The van der Waals surface area contributed by atoms with Crippen molar-refractivity contribution < 1.29 is 14.0 Å². The van der Waals surface area contributed by atoms with Crippen LogP contribution in [-0.4, -0.2) is 20.2 Å². The monoisotopic (exact) mass is 285 g/mol. The molecule has 0 amide bonds. The molecule has 0 saturated carbocycles. The maximum Gasteiger partial charge on any atom is 0.263 e. The number of halogens is 1. The van der Waals surface area contributed by atoms with Crippen LogP contribution in [0.25, 0.3) is 11.4 Å². The van der Waals surface area contributed by atoms with Gasteiger partial charge in [-0.15, -0.1) is 0 Å². The van der Waals surface area contributed by atoms with E-state index in [2.05, 4.69) is 15.1 Å². The SMILES string of the molecule is C[C@@](O)(c1ccncc1)c1nc(-c2ccc(F)cc2)no1. The summed E-state index contributed by atoms with van der Waals surface area (Å²) in [5.74, 6) is 0.0126. The Morgan fingerprint density at radius 2 is 1.76 bits per heavy atom. The van der Waals surface area contributed by atoms with Crippen molar-refractivity contribution in [1.29, 1.82) is 0 Å². The molecular formula is C15H12FN3O2. The van der Waals surface area contributed by atoms with Crippen molar-refractivity contribution in [1.82, 2.24) is 15.1 Å². The fraction of sp³-hybridized carbons (Fsp3) is 0.133. The third-order valence-corrected chi connectivity index (χ3v) is 3.19. The molecule has 21 heavy (non-hydrogen) atoms. The van der Waals surface area contributed by atoms with Gasteiger partial charge < -0.3 is 9.63 Å². The molecule has 2 heterocycles. The van der Waals surface area contributed by atoms with Gasteiger partial charge in [-0.1, -0.05) is 5.16 Å². The van der Waals surface area contributed by atoms with E-state index in [4.69, 9.17) is 4.52 Å². The van der Waals surface area contributed by atoms with Crippen LogP contribution in [0.1, 0.15) is 18.4 Å². The van der Waals surface area contributed by atoms with Crippen molar-refractivity contribution in [3.63, 3.8) is 0 Å². The Kier molecular flexibility index (Phi) is 3.23. The van der Waals surface area contributed by atoms with Gasteiger partial charge in [-0.3, -0.25) is 4.98 Å². The molecule has 1 N–H and O–H groups in total. The van der Waals surface area contributed by atoms with Gasteiger partial charge in [0.25, 0.3) is 5.89 Å². The summed E-state index contributed by atoms with van der Waals surface area (Å²) in [6, 6.07) is 9.05. The van der Waals surface area contributed by atoms with Gasteiger partial charge in [0.2, 0.25) is 5.82 Å². The number of aromatic nitrogens is 3. The van der Waals surface area contributed by atoms with Gasteiger partial charge in [0, 0.05) is 18.0 Å². The summed E-state index contributed by atoms with van der Waals surface area (Å²) in [7, 11) is 0. The first kappa shape index (κ1) is 13.4. The van der Waals surface area contributed by atoms with E-state index < -0.39 is 5.60 Å². The van der Waals surface area contributed by atoms with Gasteiger partial charge in [0.15, 0.2) is 5.60 Å². The summed E-state index contributed by atoms with van der Waals surface area (Å²) in [6.07, 6.45) is 3.14. The van der Waals surface area contributed by atoms with Crippen molar-refractivity contribution in [3.8, 4) is 11.4 Å². The lowest BCUT2D eigenvalue weighted by Crippen LogP contribution is -2.23. The molecule has 106 valence electrons. The van der Waals surface area contributed by atoms with E-state index >= 15 is 0 Å². The first-order valence-electron chi connectivity index (χ1n) is 6.30. The second kappa shape index (κ2) is 5.06. The Balaban J connectivity index is 1.96. The number of hydrogen-bond acceptors (Lipinski definition) is 5.